The van der Waals surface area contributed by atoms with E-state index in [0.29, 0.717) is 24.2 Å². The van der Waals surface area contributed by atoms with Gasteiger partial charge < -0.3 is 9.84 Å². The molecule has 27 heavy (non-hydrogen) atoms. The zero-order valence-electron chi connectivity index (χ0n) is 17.2. The van der Waals surface area contributed by atoms with Gasteiger partial charge in [-0.15, -0.1) is 0 Å². The zero-order chi connectivity index (χ0) is 19.6. The van der Waals surface area contributed by atoms with E-state index in [1.807, 2.05) is 0 Å². The summed E-state index contributed by atoms with van der Waals surface area (Å²) in [6.07, 6.45) is 9.96. The first kappa shape index (κ1) is 19.2. The largest absolute Gasteiger partial charge is 0.462 e. The zero-order valence-corrected chi connectivity index (χ0v) is 17.2. The van der Waals surface area contributed by atoms with Crippen LogP contribution in [0.4, 0.5) is 0 Å². The third kappa shape index (κ3) is 2.58. The lowest BCUT2D eigenvalue weighted by Gasteiger charge is -2.58. The van der Waals surface area contributed by atoms with Gasteiger partial charge in [-0.3, -0.25) is 9.59 Å². The maximum Gasteiger partial charge on any atom is 0.302 e. The molecule has 3 saturated carbocycles. The van der Waals surface area contributed by atoms with Gasteiger partial charge >= 0.3 is 5.97 Å². The second kappa shape index (κ2) is 6.17. The number of hydrogen-bond acceptors (Lipinski definition) is 4. The molecular weight excluding hydrogens is 340 g/mol. The van der Waals surface area contributed by atoms with Crippen molar-refractivity contribution in [3.8, 4) is 0 Å². The fourth-order valence-electron chi connectivity index (χ4n) is 7.56. The van der Waals surface area contributed by atoms with E-state index in [4.69, 9.17) is 4.74 Å². The molecule has 0 aromatic rings. The smallest absolute Gasteiger partial charge is 0.302 e. The molecule has 0 amide bonds. The molecule has 4 heteroatoms. The number of esters is 1. The van der Waals surface area contributed by atoms with Crippen molar-refractivity contribution < 1.29 is 19.4 Å². The third-order valence-corrected chi connectivity index (χ3v) is 9.13. The van der Waals surface area contributed by atoms with Gasteiger partial charge in [0.15, 0.2) is 5.78 Å². The van der Waals surface area contributed by atoms with Crippen LogP contribution in [0.3, 0.4) is 0 Å². The molecule has 0 aliphatic heterocycles. The Morgan fingerprint density at radius 1 is 1.07 bits per heavy atom. The predicted molar refractivity (Wildman–Crippen MR) is 103 cm³/mol. The highest BCUT2D eigenvalue weighted by Crippen LogP contribution is 2.67. The number of carbonyl (C=O) groups is 2. The molecule has 0 unspecified atom stereocenters. The SMILES string of the molecule is CC(=O)O[C@@H]1CC[C@@]2(C)C(=CC[C@@H]3[C@@H]2CC[C@@]2(C)[C@H]3CC[C@@]2(O)C(C)=O)C1. The highest BCUT2D eigenvalue weighted by atomic mass is 16.5. The lowest BCUT2D eigenvalue weighted by Crippen LogP contribution is -2.57. The van der Waals surface area contributed by atoms with Gasteiger partial charge in [0.2, 0.25) is 0 Å². The minimum absolute atomic E-state index is 0.0292. The first-order valence-corrected chi connectivity index (χ1v) is 10.7. The lowest BCUT2D eigenvalue weighted by atomic mass is 9.47. The molecule has 4 rings (SSSR count). The van der Waals surface area contributed by atoms with Crippen LogP contribution in [0.1, 0.15) is 79.1 Å². The van der Waals surface area contributed by atoms with Crippen molar-refractivity contribution >= 4 is 11.8 Å². The van der Waals surface area contributed by atoms with Crippen molar-refractivity contribution in [2.75, 3.05) is 0 Å². The van der Waals surface area contributed by atoms with Gasteiger partial charge in [-0.2, -0.15) is 0 Å². The van der Waals surface area contributed by atoms with Gasteiger partial charge in [0.25, 0.3) is 0 Å². The normalized spacial score (nSPS) is 48.7. The molecule has 0 aromatic carbocycles. The molecule has 150 valence electrons. The second-order valence-electron chi connectivity index (χ2n) is 10.1. The standard InChI is InChI=1S/C23H34O4/c1-14(24)23(26)12-9-20-18-6-5-16-13-17(27-15(2)25)7-10-21(16,3)19(18)8-11-22(20,23)4/h5,17-20,26H,6-13H2,1-4H3/t17-,18-,19+,20+,21+,22+,23-/m1/s1. The van der Waals surface area contributed by atoms with Crippen LogP contribution in [-0.4, -0.2) is 28.6 Å². The maximum absolute atomic E-state index is 12.3. The van der Waals surface area contributed by atoms with E-state index >= 15 is 0 Å². The summed E-state index contributed by atoms with van der Waals surface area (Å²) in [5.41, 5.74) is 0.235. The number of ketones is 1. The number of rotatable bonds is 2. The molecule has 0 aromatic heterocycles. The number of fused-ring (bicyclic) bond motifs is 5. The average molecular weight is 375 g/mol. The number of carbonyl (C=O) groups excluding carboxylic acids is 2. The predicted octanol–water partition coefficient (Wildman–Crippen LogP) is 4.20. The van der Waals surface area contributed by atoms with E-state index < -0.39 is 5.60 Å². The van der Waals surface area contributed by atoms with Crippen molar-refractivity contribution in [3.05, 3.63) is 11.6 Å². The van der Waals surface area contributed by atoms with Crippen LogP contribution in [0, 0.1) is 28.6 Å². The van der Waals surface area contributed by atoms with Crippen LogP contribution >= 0.6 is 0 Å². The molecule has 4 aliphatic carbocycles. The molecule has 0 heterocycles. The van der Waals surface area contributed by atoms with Crippen molar-refractivity contribution in [1.29, 1.82) is 0 Å². The summed E-state index contributed by atoms with van der Waals surface area (Å²) >= 11 is 0. The summed E-state index contributed by atoms with van der Waals surface area (Å²) in [4.78, 5) is 23.7. The highest BCUT2D eigenvalue weighted by Gasteiger charge is 2.65. The topological polar surface area (TPSA) is 63.6 Å². The van der Waals surface area contributed by atoms with Gasteiger partial charge in [0, 0.05) is 18.8 Å². The van der Waals surface area contributed by atoms with E-state index in [2.05, 4.69) is 19.9 Å². The van der Waals surface area contributed by atoms with E-state index in [0.717, 1.165) is 44.9 Å². The van der Waals surface area contributed by atoms with Crippen molar-refractivity contribution in [3.63, 3.8) is 0 Å². The number of allylic oxidation sites excluding steroid dienone is 1. The van der Waals surface area contributed by atoms with Crippen LogP contribution in [0.15, 0.2) is 11.6 Å². The minimum atomic E-state index is -1.14. The summed E-state index contributed by atoms with van der Waals surface area (Å²) in [5.74, 6) is 1.36. The summed E-state index contributed by atoms with van der Waals surface area (Å²) in [6.45, 7) is 7.64. The molecule has 0 radical (unpaired) electrons. The Hall–Kier alpha value is -1.16. The monoisotopic (exact) mass is 374 g/mol. The van der Waals surface area contributed by atoms with Crippen molar-refractivity contribution in [2.45, 2.75) is 90.8 Å². The first-order chi connectivity index (χ1) is 12.6. The van der Waals surface area contributed by atoms with Gasteiger partial charge in [0.1, 0.15) is 11.7 Å². The lowest BCUT2D eigenvalue weighted by molar-refractivity contribution is -0.160. The Labute approximate surface area is 162 Å². The van der Waals surface area contributed by atoms with E-state index in [1.165, 1.54) is 12.5 Å². The molecule has 3 fully saturated rings. The Bertz CT molecular complexity index is 696. The van der Waals surface area contributed by atoms with Crippen LogP contribution in [-0.2, 0) is 14.3 Å². The van der Waals surface area contributed by atoms with Crippen LogP contribution in [0.5, 0.6) is 0 Å². The molecule has 0 bridgehead atoms. The number of hydrogen-bond donors (Lipinski definition) is 1. The van der Waals surface area contributed by atoms with Crippen LogP contribution in [0.25, 0.3) is 0 Å². The Morgan fingerprint density at radius 3 is 2.44 bits per heavy atom. The maximum atomic E-state index is 12.3. The van der Waals surface area contributed by atoms with E-state index in [-0.39, 0.29) is 28.7 Å². The summed E-state index contributed by atoms with van der Waals surface area (Å²) in [6, 6.07) is 0. The molecule has 7 atom stereocenters. The molecular formula is C23H34O4. The molecule has 4 aliphatic rings. The van der Waals surface area contributed by atoms with Gasteiger partial charge in [0.05, 0.1) is 0 Å². The van der Waals surface area contributed by atoms with Gasteiger partial charge in [-0.25, -0.2) is 0 Å². The van der Waals surface area contributed by atoms with E-state index in [1.54, 1.807) is 6.92 Å². The van der Waals surface area contributed by atoms with Crippen molar-refractivity contribution in [1.82, 2.24) is 0 Å². The average Bonchev–Trinajstić information content (AvgIpc) is 2.87. The van der Waals surface area contributed by atoms with Gasteiger partial charge in [-0.05, 0) is 75.0 Å². The Morgan fingerprint density at radius 2 is 1.78 bits per heavy atom. The summed E-state index contributed by atoms with van der Waals surface area (Å²) in [7, 11) is 0. The Balaban J connectivity index is 1.61. The first-order valence-electron chi connectivity index (χ1n) is 10.7. The van der Waals surface area contributed by atoms with Crippen LogP contribution in [0.2, 0.25) is 0 Å². The fourth-order valence-corrected chi connectivity index (χ4v) is 7.56. The quantitative estimate of drug-likeness (QED) is 0.581. The molecule has 0 spiro atoms. The molecule has 4 nitrogen and oxygen atoms in total. The van der Waals surface area contributed by atoms with E-state index in [9.17, 15) is 14.7 Å². The minimum Gasteiger partial charge on any atom is -0.462 e. The van der Waals surface area contributed by atoms with Crippen LogP contribution < -0.4 is 0 Å². The number of aliphatic hydroxyl groups is 1. The summed E-state index contributed by atoms with van der Waals surface area (Å²) in [5, 5.41) is 11.2. The Kier molecular flexibility index (Phi) is 4.38. The molecule has 1 N–H and O–H groups in total. The number of Topliss-reactive ketones (excluding diaryl/α,β-unsaturated/α-hetero) is 1. The van der Waals surface area contributed by atoms with Crippen molar-refractivity contribution in [2.24, 2.45) is 28.6 Å². The third-order valence-electron chi connectivity index (χ3n) is 9.13. The second-order valence-corrected chi connectivity index (χ2v) is 10.1. The summed E-state index contributed by atoms with van der Waals surface area (Å²) < 4.78 is 5.51. The fraction of sp³-hybridized carbons (Fsp3) is 0.826. The number of ether oxygens (including phenoxy) is 1. The molecule has 0 saturated heterocycles. The highest BCUT2D eigenvalue weighted by molar-refractivity contribution is 5.86. The van der Waals surface area contributed by atoms with Gasteiger partial charge in [-0.1, -0.05) is 25.5 Å².